The van der Waals surface area contributed by atoms with E-state index >= 15 is 0 Å². The Morgan fingerprint density at radius 1 is 1.24 bits per heavy atom. The molecule has 5 nitrogen and oxygen atoms in total. The van der Waals surface area contributed by atoms with Crippen molar-refractivity contribution >= 4 is 0 Å². The van der Waals surface area contributed by atoms with Gasteiger partial charge in [-0.3, -0.25) is 0 Å². The van der Waals surface area contributed by atoms with Crippen molar-refractivity contribution in [1.82, 2.24) is 15.5 Å². The van der Waals surface area contributed by atoms with Crippen molar-refractivity contribution in [3.8, 4) is 0 Å². The molecule has 136 valence electrons. The number of aryl methyl sites for hydroxylation is 1. The quantitative estimate of drug-likeness (QED) is 0.727. The second-order valence-electron chi connectivity index (χ2n) is 7.64. The summed E-state index contributed by atoms with van der Waals surface area (Å²) in [6.45, 7) is 5.11. The van der Waals surface area contributed by atoms with E-state index in [2.05, 4.69) is 41.4 Å². The van der Waals surface area contributed by atoms with E-state index in [9.17, 15) is 5.11 Å². The van der Waals surface area contributed by atoms with Crippen LogP contribution in [0.25, 0.3) is 0 Å². The fraction of sp³-hybridized carbons (Fsp3) is 0.600. The number of aliphatic hydroxyl groups excluding tert-OH is 1. The fourth-order valence-electron chi connectivity index (χ4n) is 3.57. The minimum atomic E-state index is -0.0815. The number of aliphatic hydroxyl groups is 1. The highest BCUT2D eigenvalue weighted by Crippen LogP contribution is 2.49. The Labute approximate surface area is 149 Å². The Bertz CT molecular complexity index is 644. The van der Waals surface area contributed by atoms with E-state index in [4.69, 9.17) is 4.52 Å². The molecule has 5 heteroatoms. The summed E-state index contributed by atoms with van der Waals surface area (Å²) in [7, 11) is 0. The van der Waals surface area contributed by atoms with Gasteiger partial charge in [0.1, 0.15) is 0 Å². The zero-order chi connectivity index (χ0) is 17.7. The van der Waals surface area contributed by atoms with Gasteiger partial charge in [0.25, 0.3) is 0 Å². The van der Waals surface area contributed by atoms with Crippen LogP contribution >= 0.6 is 0 Å². The molecule has 1 aliphatic carbocycles. The van der Waals surface area contributed by atoms with Gasteiger partial charge >= 0.3 is 0 Å². The van der Waals surface area contributed by atoms with Crippen molar-refractivity contribution in [2.75, 3.05) is 6.61 Å². The average Bonchev–Trinajstić information content (AvgIpc) is 3.04. The topological polar surface area (TPSA) is 71.2 Å². The van der Waals surface area contributed by atoms with Crippen molar-refractivity contribution in [1.29, 1.82) is 0 Å². The van der Waals surface area contributed by atoms with Gasteiger partial charge in [0.2, 0.25) is 5.89 Å². The lowest BCUT2D eigenvalue weighted by molar-refractivity contribution is 0.00377. The molecule has 3 rings (SSSR count). The second-order valence-corrected chi connectivity index (χ2v) is 7.64. The molecule has 1 unspecified atom stereocenters. The molecular weight excluding hydrogens is 314 g/mol. The molecule has 0 amide bonds. The van der Waals surface area contributed by atoms with Gasteiger partial charge in [-0.2, -0.15) is 4.98 Å². The number of nitrogens with zero attached hydrogens (tertiary/aromatic N) is 2. The maximum Gasteiger partial charge on any atom is 0.240 e. The summed E-state index contributed by atoms with van der Waals surface area (Å²) in [5.74, 6) is 2.03. The van der Waals surface area contributed by atoms with Gasteiger partial charge < -0.3 is 14.9 Å². The highest BCUT2D eigenvalue weighted by atomic mass is 16.5. The van der Waals surface area contributed by atoms with E-state index < -0.39 is 0 Å². The Morgan fingerprint density at radius 3 is 2.60 bits per heavy atom. The minimum Gasteiger partial charge on any atom is -0.396 e. The second kappa shape index (κ2) is 8.11. The monoisotopic (exact) mass is 343 g/mol. The molecule has 2 N–H and O–H groups in total. The first kappa shape index (κ1) is 18.1. The molecule has 0 saturated heterocycles. The first-order valence-electron chi connectivity index (χ1n) is 9.33. The van der Waals surface area contributed by atoms with Crippen LogP contribution in [0, 0.1) is 11.3 Å². The first-order chi connectivity index (χ1) is 12.1. The Kier molecular flexibility index (Phi) is 5.86. The molecule has 0 aliphatic heterocycles. The van der Waals surface area contributed by atoms with E-state index in [1.165, 1.54) is 12.0 Å². The smallest absolute Gasteiger partial charge is 0.240 e. The number of hydrogen-bond donors (Lipinski definition) is 2. The molecule has 25 heavy (non-hydrogen) atoms. The van der Waals surface area contributed by atoms with Gasteiger partial charge in [0.05, 0.1) is 13.2 Å². The summed E-state index contributed by atoms with van der Waals surface area (Å²) >= 11 is 0. The van der Waals surface area contributed by atoms with Gasteiger partial charge in [-0.25, -0.2) is 0 Å². The predicted molar refractivity (Wildman–Crippen MR) is 96.8 cm³/mol. The lowest BCUT2D eigenvalue weighted by Crippen LogP contribution is -2.45. The number of aromatic nitrogens is 2. The summed E-state index contributed by atoms with van der Waals surface area (Å²) < 4.78 is 5.40. The molecule has 1 atom stereocenters. The molecule has 1 aromatic carbocycles. The summed E-state index contributed by atoms with van der Waals surface area (Å²) in [6, 6.07) is 10.4. The highest BCUT2D eigenvalue weighted by molar-refractivity contribution is 5.23. The standard InChI is InChI=1S/C20H29N3O2/c1-15(2)9-10-17-22-18(25-23-17)13-21-19(16-7-4-3-5-8-16)20(14-24)11-6-12-20/h3-5,7-8,15,19,21,24H,6,9-14H2,1-2H3. The lowest BCUT2D eigenvalue weighted by atomic mass is 9.63. The SMILES string of the molecule is CC(C)CCc1noc(CNC(c2ccccc2)C2(CO)CCC2)n1. The zero-order valence-electron chi connectivity index (χ0n) is 15.2. The molecule has 1 saturated carbocycles. The van der Waals surface area contributed by atoms with E-state index in [1.807, 2.05) is 18.2 Å². The molecular formula is C20H29N3O2. The first-order valence-corrected chi connectivity index (χ1v) is 9.33. The van der Waals surface area contributed by atoms with Crippen molar-refractivity contribution in [2.45, 2.75) is 58.5 Å². The molecule has 1 heterocycles. The van der Waals surface area contributed by atoms with E-state index in [0.717, 1.165) is 31.5 Å². The van der Waals surface area contributed by atoms with Crippen LogP contribution in [0.2, 0.25) is 0 Å². The molecule has 2 aromatic rings. The third-order valence-electron chi connectivity index (χ3n) is 5.32. The van der Waals surface area contributed by atoms with Crippen molar-refractivity contribution < 1.29 is 9.63 Å². The van der Waals surface area contributed by atoms with Crippen molar-refractivity contribution in [3.63, 3.8) is 0 Å². The van der Waals surface area contributed by atoms with Crippen LogP contribution in [0.4, 0.5) is 0 Å². The summed E-state index contributed by atoms with van der Waals surface area (Å²) in [5.41, 5.74) is 1.12. The zero-order valence-corrected chi connectivity index (χ0v) is 15.2. The van der Waals surface area contributed by atoms with Gasteiger partial charge in [-0.1, -0.05) is 55.8 Å². The Hall–Kier alpha value is -1.72. The molecule has 0 radical (unpaired) electrons. The van der Waals surface area contributed by atoms with E-state index in [1.54, 1.807) is 0 Å². The third-order valence-corrected chi connectivity index (χ3v) is 5.32. The van der Waals surface area contributed by atoms with Gasteiger partial charge in [-0.15, -0.1) is 0 Å². The number of benzene rings is 1. The number of hydrogen-bond acceptors (Lipinski definition) is 5. The minimum absolute atomic E-state index is 0.0815. The van der Waals surface area contributed by atoms with Gasteiger partial charge in [0.15, 0.2) is 5.82 Å². The molecule has 1 fully saturated rings. The van der Waals surface area contributed by atoms with E-state index in [0.29, 0.717) is 18.4 Å². The van der Waals surface area contributed by atoms with Crippen LogP contribution in [0.3, 0.4) is 0 Å². The normalized spacial score (nSPS) is 17.4. The van der Waals surface area contributed by atoms with Crippen LogP contribution in [0.15, 0.2) is 34.9 Å². The summed E-state index contributed by atoms with van der Waals surface area (Å²) in [5, 5.41) is 17.6. The third kappa shape index (κ3) is 4.28. The molecule has 0 spiro atoms. The molecule has 1 aliphatic rings. The van der Waals surface area contributed by atoms with Gasteiger partial charge in [-0.05, 0) is 30.7 Å². The molecule has 1 aromatic heterocycles. The van der Waals surface area contributed by atoms with Crippen LogP contribution in [0.5, 0.6) is 0 Å². The van der Waals surface area contributed by atoms with Crippen LogP contribution in [0.1, 0.15) is 62.9 Å². The maximum absolute atomic E-state index is 10.0. The average molecular weight is 343 g/mol. The van der Waals surface area contributed by atoms with Gasteiger partial charge in [0, 0.05) is 17.9 Å². The summed E-state index contributed by atoms with van der Waals surface area (Å²) in [6.07, 6.45) is 5.17. The van der Waals surface area contributed by atoms with Crippen LogP contribution in [-0.2, 0) is 13.0 Å². The lowest BCUT2D eigenvalue weighted by Gasteiger charge is -2.47. The van der Waals surface area contributed by atoms with E-state index in [-0.39, 0.29) is 18.1 Å². The number of nitrogens with one attached hydrogen (secondary N) is 1. The Balaban J connectivity index is 1.67. The largest absolute Gasteiger partial charge is 0.396 e. The van der Waals surface area contributed by atoms with Crippen LogP contribution < -0.4 is 5.32 Å². The predicted octanol–water partition coefficient (Wildman–Crippen LogP) is 3.65. The van der Waals surface area contributed by atoms with Crippen molar-refractivity contribution in [3.05, 3.63) is 47.6 Å². The summed E-state index contributed by atoms with van der Waals surface area (Å²) in [4.78, 5) is 4.50. The highest BCUT2D eigenvalue weighted by Gasteiger charge is 2.44. The maximum atomic E-state index is 10.0. The number of rotatable bonds is 9. The molecule has 0 bridgehead atoms. The van der Waals surface area contributed by atoms with Crippen LogP contribution in [-0.4, -0.2) is 21.9 Å². The fourth-order valence-corrected chi connectivity index (χ4v) is 3.57. The van der Waals surface area contributed by atoms with Crippen molar-refractivity contribution in [2.24, 2.45) is 11.3 Å². The Morgan fingerprint density at radius 2 is 2.00 bits per heavy atom.